The fourth-order valence-electron chi connectivity index (χ4n) is 6.24. The van der Waals surface area contributed by atoms with Crippen molar-refractivity contribution in [3.05, 3.63) is 143 Å². The minimum Gasteiger partial charge on any atom is -0.392 e. The van der Waals surface area contributed by atoms with Crippen LogP contribution in [0, 0.1) is 5.92 Å². The lowest BCUT2D eigenvalue weighted by Gasteiger charge is -2.42. The zero-order valence-electron chi connectivity index (χ0n) is 25.6. The fourth-order valence-corrected chi connectivity index (χ4v) is 6.24. The Hall–Kier alpha value is -4.40. The predicted molar refractivity (Wildman–Crippen MR) is 173 cm³/mol. The third-order valence-corrected chi connectivity index (χ3v) is 8.77. The van der Waals surface area contributed by atoms with Gasteiger partial charge >= 0.3 is 0 Å². The number of amides is 2. The normalized spacial score (nSPS) is 21.3. The van der Waals surface area contributed by atoms with E-state index in [1.807, 2.05) is 78.9 Å². The van der Waals surface area contributed by atoms with Gasteiger partial charge in [0.05, 0.1) is 36.5 Å². The number of hydrogen-bond acceptors (Lipinski definition) is 6. The molecular formula is C38H38N2O5. The molecule has 2 heterocycles. The van der Waals surface area contributed by atoms with Crippen molar-refractivity contribution in [2.45, 2.75) is 38.6 Å². The van der Waals surface area contributed by atoms with Crippen molar-refractivity contribution in [3.8, 4) is 11.1 Å². The first-order valence-electron chi connectivity index (χ1n) is 15.3. The van der Waals surface area contributed by atoms with Gasteiger partial charge in [0, 0.05) is 24.6 Å². The Morgan fingerprint density at radius 3 is 2.04 bits per heavy atom. The number of aliphatic hydroxyl groups is 1. The van der Waals surface area contributed by atoms with Crippen molar-refractivity contribution in [1.82, 2.24) is 9.80 Å². The Bertz CT molecular complexity index is 1650. The molecule has 4 aromatic rings. The topological polar surface area (TPSA) is 79.3 Å². The van der Waals surface area contributed by atoms with Gasteiger partial charge in [-0.2, -0.15) is 0 Å². The number of likely N-dealkylation sites (N-methyl/N-ethyl adjacent to an activating group) is 1. The van der Waals surface area contributed by atoms with Gasteiger partial charge in [-0.1, -0.05) is 97.9 Å². The summed E-state index contributed by atoms with van der Waals surface area (Å²) in [7, 11) is 2.06. The molecule has 1 N–H and O–H groups in total. The van der Waals surface area contributed by atoms with E-state index >= 15 is 0 Å². The fraction of sp³-hybridized carbons (Fsp3) is 0.263. The zero-order chi connectivity index (χ0) is 31.5. The van der Waals surface area contributed by atoms with Crippen molar-refractivity contribution < 1.29 is 24.2 Å². The van der Waals surface area contributed by atoms with Crippen LogP contribution in [0.2, 0.25) is 0 Å². The van der Waals surface area contributed by atoms with E-state index in [0.717, 1.165) is 46.5 Å². The van der Waals surface area contributed by atoms with E-state index in [0.29, 0.717) is 11.1 Å². The quantitative estimate of drug-likeness (QED) is 0.164. The number of imide groups is 1. The largest absolute Gasteiger partial charge is 0.392 e. The molecule has 0 aromatic heterocycles. The van der Waals surface area contributed by atoms with Crippen molar-refractivity contribution in [1.29, 1.82) is 0 Å². The number of carbonyl (C=O) groups excluding carboxylic acids is 2. The van der Waals surface area contributed by atoms with Crippen LogP contribution in [0.4, 0.5) is 0 Å². The standard InChI is InChI=1S/C38H38N2O5/c1-4-21-39(3)23-34-25(2)35(28-15-13-26(24-41)14-16-28)45-38(44-34)29-19-17-27(18-20-29)31-10-6-5-9-30(31)22-40-36(42)32-11-7-8-12-33(32)37(40)43/h4-20,25,34-35,38,41H,1,21-24H2,2-3H3. The highest BCUT2D eigenvalue weighted by molar-refractivity contribution is 6.21. The number of benzene rings is 4. The molecular weight excluding hydrogens is 564 g/mol. The van der Waals surface area contributed by atoms with Gasteiger partial charge in [-0.25, -0.2) is 0 Å². The lowest BCUT2D eigenvalue weighted by Crippen LogP contribution is -2.43. The summed E-state index contributed by atoms with van der Waals surface area (Å²) in [5.41, 5.74) is 6.50. The van der Waals surface area contributed by atoms with Crippen molar-refractivity contribution >= 4 is 11.8 Å². The van der Waals surface area contributed by atoms with Crippen LogP contribution in [0.1, 0.15) is 62.3 Å². The molecule has 0 radical (unpaired) electrons. The summed E-state index contributed by atoms with van der Waals surface area (Å²) in [6.45, 7) is 7.69. The summed E-state index contributed by atoms with van der Waals surface area (Å²) in [6, 6.07) is 30.8. The van der Waals surface area contributed by atoms with E-state index in [4.69, 9.17) is 9.47 Å². The van der Waals surface area contributed by atoms with E-state index in [-0.39, 0.29) is 43.1 Å². The highest BCUT2D eigenvalue weighted by atomic mass is 16.7. The minimum atomic E-state index is -0.575. The number of rotatable bonds is 10. The van der Waals surface area contributed by atoms with E-state index in [2.05, 4.69) is 25.5 Å². The molecule has 4 aromatic carbocycles. The summed E-state index contributed by atoms with van der Waals surface area (Å²) in [6.07, 6.45) is 1.03. The van der Waals surface area contributed by atoms with E-state index in [1.165, 1.54) is 4.90 Å². The summed E-state index contributed by atoms with van der Waals surface area (Å²) < 4.78 is 13.2. The van der Waals surface area contributed by atoms with Crippen LogP contribution in [0.3, 0.4) is 0 Å². The second kappa shape index (κ2) is 13.3. The Balaban J connectivity index is 1.25. The molecule has 0 bridgehead atoms. The van der Waals surface area contributed by atoms with Gasteiger partial charge < -0.3 is 19.5 Å². The monoisotopic (exact) mass is 602 g/mol. The average molecular weight is 603 g/mol. The zero-order valence-corrected chi connectivity index (χ0v) is 25.6. The smallest absolute Gasteiger partial charge is 0.261 e. The van der Waals surface area contributed by atoms with Crippen LogP contribution < -0.4 is 0 Å². The number of carbonyl (C=O) groups is 2. The first kappa shape index (κ1) is 30.6. The number of nitrogens with zero attached hydrogens (tertiary/aromatic N) is 2. The average Bonchev–Trinajstić information content (AvgIpc) is 3.31. The van der Waals surface area contributed by atoms with Crippen LogP contribution in [0.25, 0.3) is 11.1 Å². The minimum absolute atomic E-state index is 0.00413. The van der Waals surface area contributed by atoms with E-state index < -0.39 is 6.29 Å². The molecule has 1 saturated heterocycles. The third kappa shape index (κ3) is 6.26. The maximum atomic E-state index is 13.1. The number of aliphatic hydroxyl groups excluding tert-OH is 1. The van der Waals surface area contributed by atoms with Crippen LogP contribution in [0.15, 0.2) is 110 Å². The van der Waals surface area contributed by atoms with Gasteiger partial charge in [0.1, 0.15) is 0 Å². The SMILES string of the molecule is C=CCN(C)CC1OC(c2ccc(-c3ccccc3CN3C(=O)c4ccccc4C3=O)cc2)OC(c2ccc(CO)cc2)C1C. The highest BCUT2D eigenvalue weighted by Crippen LogP contribution is 2.42. The molecule has 45 heavy (non-hydrogen) atoms. The maximum Gasteiger partial charge on any atom is 0.261 e. The summed E-state index contributed by atoms with van der Waals surface area (Å²) in [5.74, 6) is -0.451. The predicted octanol–water partition coefficient (Wildman–Crippen LogP) is 6.55. The lowest BCUT2D eigenvalue weighted by molar-refractivity contribution is -0.275. The molecule has 7 heteroatoms. The Labute approximate surface area is 264 Å². The Kier molecular flexibility index (Phi) is 9.05. The highest BCUT2D eigenvalue weighted by Gasteiger charge is 2.39. The molecule has 4 atom stereocenters. The molecule has 0 aliphatic carbocycles. The molecule has 2 aliphatic rings. The van der Waals surface area contributed by atoms with E-state index in [1.54, 1.807) is 24.3 Å². The van der Waals surface area contributed by atoms with Gasteiger partial charge in [-0.05, 0) is 47.0 Å². The van der Waals surface area contributed by atoms with Crippen molar-refractivity contribution in [2.24, 2.45) is 5.92 Å². The van der Waals surface area contributed by atoms with Gasteiger partial charge in [0.25, 0.3) is 11.8 Å². The van der Waals surface area contributed by atoms with E-state index in [9.17, 15) is 14.7 Å². The van der Waals surface area contributed by atoms with Crippen LogP contribution in [0.5, 0.6) is 0 Å². The second-order valence-corrected chi connectivity index (χ2v) is 11.9. The Morgan fingerprint density at radius 1 is 0.822 bits per heavy atom. The molecule has 0 saturated carbocycles. The Morgan fingerprint density at radius 2 is 1.42 bits per heavy atom. The summed E-state index contributed by atoms with van der Waals surface area (Å²) in [5, 5.41) is 9.53. The molecule has 2 amide bonds. The third-order valence-electron chi connectivity index (χ3n) is 8.77. The van der Waals surface area contributed by atoms with Gasteiger partial charge in [-0.15, -0.1) is 6.58 Å². The molecule has 2 aliphatic heterocycles. The molecule has 4 unspecified atom stereocenters. The first-order chi connectivity index (χ1) is 21.9. The van der Waals surface area contributed by atoms with Crippen LogP contribution in [-0.2, 0) is 22.6 Å². The van der Waals surface area contributed by atoms with Gasteiger partial charge in [0.15, 0.2) is 6.29 Å². The number of ether oxygens (including phenoxy) is 2. The molecule has 1 fully saturated rings. The molecule has 0 spiro atoms. The lowest BCUT2D eigenvalue weighted by atomic mass is 9.90. The van der Waals surface area contributed by atoms with Crippen LogP contribution >= 0.6 is 0 Å². The van der Waals surface area contributed by atoms with Crippen molar-refractivity contribution in [3.63, 3.8) is 0 Å². The summed E-state index contributed by atoms with van der Waals surface area (Å²) in [4.78, 5) is 29.6. The maximum absolute atomic E-state index is 13.1. The molecule has 230 valence electrons. The van der Waals surface area contributed by atoms with Gasteiger partial charge in [0.2, 0.25) is 0 Å². The molecule has 7 nitrogen and oxygen atoms in total. The first-order valence-corrected chi connectivity index (χ1v) is 15.3. The number of hydrogen-bond donors (Lipinski definition) is 1. The molecule has 6 rings (SSSR count). The van der Waals surface area contributed by atoms with Crippen LogP contribution in [-0.4, -0.2) is 53.0 Å². The number of fused-ring (bicyclic) bond motifs is 1. The van der Waals surface area contributed by atoms with Gasteiger partial charge in [-0.3, -0.25) is 14.5 Å². The van der Waals surface area contributed by atoms with Crippen molar-refractivity contribution in [2.75, 3.05) is 20.1 Å². The summed E-state index contributed by atoms with van der Waals surface area (Å²) >= 11 is 0. The second-order valence-electron chi connectivity index (χ2n) is 11.9.